The molecule has 9 aromatic rings. The third-order valence-corrected chi connectivity index (χ3v) is 11.7. The Bertz CT molecular complexity index is 2850. The van der Waals surface area contributed by atoms with Crippen molar-refractivity contribution in [3.63, 3.8) is 0 Å². The Balaban J connectivity index is 1.13. The van der Waals surface area contributed by atoms with E-state index >= 15 is 0 Å². The van der Waals surface area contributed by atoms with Crippen LogP contribution in [0.15, 0.2) is 212 Å². The van der Waals surface area contributed by atoms with Crippen molar-refractivity contribution >= 4 is 27.8 Å². The van der Waals surface area contributed by atoms with Crippen LogP contribution in [0.4, 0.5) is 17.1 Å². The van der Waals surface area contributed by atoms with E-state index in [4.69, 9.17) is 0 Å². The SMILES string of the molecule is CC1(C)c2ccccc2-c2c1cc1ccccc1c2N(c1ccc(-c2ccccc2)cc1)c1ccc(-c2cccc(-c3ccccc3-c3ccccc3)c2)cc1. The van der Waals surface area contributed by atoms with Gasteiger partial charge in [-0.3, -0.25) is 0 Å². The third kappa shape index (κ3) is 5.72. The molecule has 0 bridgehead atoms. The van der Waals surface area contributed by atoms with Crippen molar-refractivity contribution in [3.8, 4) is 55.6 Å². The van der Waals surface area contributed by atoms with E-state index < -0.39 is 0 Å². The van der Waals surface area contributed by atoms with Gasteiger partial charge in [0.15, 0.2) is 0 Å². The van der Waals surface area contributed by atoms with Gasteiger partial charge in [0.05, 0.1) is 5.69 Å². The lowest BCUT2D eigenvalue weighted by Crippen LogP contribution is -2.16. The largest absolute Gasteiger partial charge is 0.309 e. The number of benzene rings is 9. The zero-order chi connectivity index (χ0) is 37.6. The van der Waals surface area contributed by atoms with Crippen LogP contribution in [0, 0.1) is 0 Å². The number of rotatable bonds is 7. The number of nitrogens with zero attached hydrogens (tertiary/aromatic N) is 1. The number of anilines is 3. The van der Waals surface area contributed by atoms with Gasteiger partial charge in [0.25, 0.3) is 0 Å². The Kier molecular flexibility index (Phi) is 8.23. The third-order valence-electron chi connectivity index (χ3n) is 11.7. The first-order valence-electron chi connectivity index (χ1n) is 19.5. The van der Waals surface area contributed by atoms with Crippen LogP contribution in [0.1, 0.15) is 25.0 Å². The molecule has 0 radical (unpaired) electrons. The summed E-state index contributed by atoms with van der Waals surface area (Å²) >= 11 is 0. The van der Waals surface area contributed by atoms with Crippen LogP contribution < -0.4 is 4.90 Å². The van der Waals surface area contributed by atoms with Gasteiger partial charge in [-0.05, 0) is 103 Å². The molecule has 0 aromatic heterocycles. The normalized spacial score (nSPS) is 12.6. The molecule has 1 nitrogen and oxygen atoms in total. The van der Waals surface area contributed by atoms with Crippen molar-refractivity contribution in [1.29, 1.82) is 0 Å². The molecule has 0 amide bonds. The molecule has 0 spiro atoms. The van der Waals surface area contributed by atoms with Crippen LogP contribution >= 0.6 is 0 Å². The first kappa shape index (κ1) is 33.6. The van der Waals surface area contributed by atoms with Crippen molar-refractivity contribution in [2.75, 3.05) is 4.90 Å². The predicted octanol–water partition coefficient (Wildman–Crippen LogP) is 15.3. The first-order chi connectivity index (χ1) is 27.5. The highest BCUT2D eigenvalue weighted by atomic mass is 15.1. The monoisotopic (exact) mass is 715 g/mol. The molecule has 0 unspecified atom stereocenters. The summed E-state index contributed by atoms with van der Waals surface area (Å²) in [4.78, 5) is 2.49. The van der Waals surface area contributed by atoms with E-state index in [1.807, 2.05) is 0 Å². The molecule has 0 fully saturated rings. The fraction of sp³-hybridized carbons (Fsp3) is 0.0545. The highest BCUT2D eigenvalue weighted by Gasteiger charge is 2.39. The van der Waals surface area contributed by atoms with E-state index in [9.17, 15) is 0 Å². The van der Waals surface area contributed by atoms with Crippen LogP contribution in [-0.4, -0.2) is 0 Å². The molecule has 0 heterocycles. The van der Waals surface area contributed by atoms with Crippen LogP contribution in [0.2, 0.25) is 0 Å². The summed E-state index contributed by atoms with van der Waals surface area (Å²) in [5.41, 5.74) is 18.4. The molecule has 10 rings (SSSR count). The molecular formula is C55H41N. The van der Waals surface area contributed by atoms with E-state index in [1.54, 1.807) is 0 Å². The van der Waals surface area contributed by atoms with Gasteiger partial charge >= 0.3 is 0 Å². The summed E-state index contributed by atoms with van der Waals surface area (Å²) in [6.45, 7) is 4.74. The summed E-state index contributed by atoms with van der Waals surface area (Å²) < 4.78 is 0. The average molecular weight is 716 g/mol. The highest BCUT2D eigenvalue weighted by Crippen LogP contribution is 2.56. The van der Waals surface area contributed by atoms with Crippen LogP contribution in [0.5, 0.6) is 0 Å². The predicted molar refractivity (Wildman–Crippen MR) is 238 cm³/mol. The maximum absolute atomic E-state index is 2.49. The lowest BCUT2D eigenvalue weighted by Gasteiger charge is -2.31. The van der Waals surface area contributed by atoms with Gasteiger partial charge in [-0.2, -0.15) is 0 Å². The molecule has 56 heavy (non-hydrogen) atoms. The maximum Gasteiger partial charge on any atom is 0.0621 e. The molecule has 0 N–H and O–H groups in total. The molecule has 1 aliphatic rings. The lowest BCUT2D eigenvalue weighted by molar-refractivity contribution is 0.661. The summed E-state index contributed by atoms with van der Waals surface area (Å²) in [7, 11) is 0. The van der Waals surface area contributed by atoms with Crippen molar-refractivity contribution < 1.29 is 0 Å². The van der Waals surface area contributed by atoms with Gasteiger partial charge < -0.3 is 4.90 Å². The molecule has 0 atom stereocenters. The Labute approximate surface area is 329 Å². The maximum atomic E-state index is 2.49. The number of fused-ring (bicyclic) bond motifs is 4. The number of hydrogen-bond acceptors (Lipinski definition) is 1. The van der Waals surface area contributed by atoms with Gasteiger partial charge in [-0.25, -0.2) is 0 Å². The average Bonchev–Trinajstić information content (AvgIpc) is 3.50. The Hall–Kier alpha value is -6.96. The molecule has 9 aromatic carbocycles. The highest BCUT2D eigenvalue weighted by molar-refractivity contribution is 6.10. The van der Waals surface area contributed by atoms with E-state index in [1.165, 1.54) is 83.2 Å². The lowest BCUT2D eigenvalue weighted by atomic mass is 9.81. The summed E-state index contributed by atoms with van der Waals surface area (Å²) in [5, 5.41) is 2.48. The van der Waals surface area contributed by atoms with Crippen molar-refractivity contribution in [1.82, 2.24) is 0 Å². The fourth-order valence-electron chi connectivity index (χ4n) is 8.83. The van der Waals surface area contributed by atoms with Crippen LogP contribution in [0.3, 0.4) is 0 Å². The van der Waals surface area contributed by atoms with Gasteiger partial charge in [0, 0.05) is 27.7 Å². The second kappa shape index (κ2) is 13.7. The molecule has 1 heteroatoms. The molecule has 0 saturated carbocycles. The minimum atomic E-state index is -0.137. The molecule has 0 saturated heterocycles. The summed E-state index contributed by atoms with van der Waals surface area (Å²) in [6, 6.07) is 77.5. The van der Waals surface area contributed by atoms with Crippen molar-refractivity contribution in [3.05, 3.63) is 223 Å². The zero-order valence-corrected chi connectivity index (χ0v) is 31.7. The summed E-state index contributed by atoms with van der Waals surface area (Å²) in [6.07, 6.45) is 0. The smallest absolute Gasteiger partial charge is 0.0621 e. The minimum Gasteiger partial charge on any atom is -0.309 e. The van der Waals surface area contributed by atoms with Gasteiger partial charge in [0.2, 0.25) is 0 Å². The summed E-state index contributed by atoms with van der Waals surface area (Å²) in [5.74, 6) is 0. The molecular weight excluding hydrogens is 675 g/mol. The van der Waals surface area contributed by atoms with Crippen LogP contribution in [0.25, 0.3) is 66.4 Å². The van der Waals surface area contributed by atoms with Crippen molar-refractivity contribution in [2.45, 2.75) is 19.3 Å². The van der Waals surface area contributed by atoms with E-state index in [-0.39, 0.29) is 5.41 Å². The van der Waals surface area contributed by atoms with Gasteiger partial charge in [-0.15, -0.1) is 0 Å². The van der Waals surface area contributed by atoms with Crippen LogP contribution in [-0.2, 0) is 5.41 Å². The fourth-order valence-corrected chi connectivity index (χ4v) is 8.83. The quantitative estimate of drug-likeness (QED) is 0.159. The van der Waals surface area contributed by atoms with E-state index in [2.05, 4.69) is 231 Å². The van der Waals surface area contributed by atoms with Crippen molar-refractivity contribution in [2.24, 2.45) is 0 Å². The topological polar surface area (TPSA) is 3.24 Å². The van der Waals surface area contributed by atoms with Gasteiger partial charge in [-0.1, -0.05) is 190 Å². The Morgan fingerprint density at radius 3 is 1.50 bits per heavy atom. The molecule has 1 aliphatic carbocycles. The standard InChI is InChI=1S/C55H41N/c1-55(2)51-27-14-13-26-50(51)53-52(55)37-44-20-9-10-25-49(44)54(53)56(45-32-28-39(29-33-45)38-16-5-3-6-17-38)46-34-30-40(31-35-46)42-21-15-22-43(36-42)48-24-12-11-23-47(48)41-18-7-4-8-19-41/h3-37H,1-2H3. The van der Waals surface area contributed by atoms with E-state index in [0.717, 1.165) is 11.4 Å². The molecule has 0 aliphatic heterocycles. The molecule has 266 valence electrons. The Morgan fingerprint density at radius 1 is 0.339 bits per heavy atom. The van der Waals surface area contributed by atoms with Gasteiger partial charge in [0.1, 0.15) is 0 Å². The second-order valence-electron chi connectivity index (χ2n) is 15.3. The second-order valence-corrected chi connectivity index (χ2v) is 15.3. The minimum absolute atomic E-state index is 0.137. The number of hydrogen-bond donors (Lipinski definition) is 0. The van der Waals surface area contributed by atoms with E-state index in [0.29, 0.717) is 0 Å². The zero-order valence-electron chi connectivity index (χ0n) is 31.7. The Morgan fingerprint density at radius 2 is 0.821 bits per heavy atom. The first-order valence-corrected chi connectivity index (χ1v) is 19.5.